The first kappa shape index (κ1) is 20.4. The molecule has 0 spiro atoms. The van der Waals surface area contributed by atoms with Crippen LogP contribution in [0.15, 0.2) is 52.5 Å². The minimum Gasteiger partial charge on any atom is -0.452 e. The van der Waals surface area contributed by atoms with E-state index in [2.05, 4.69) is 10.3 Å². The van der Waals surface area contributed by atoms with Crippen molar-refractivity contribution >= 4 is 29.5 Å². The van der Waals surface area contributed by atoms with Gasteiger partial charge in [-0.05, 0) is 31.2 Å². The zero-order valence-corrected chi connectivity index (χ0v) is 16.2. The van der Waals surface area contributed by atoms with Crippen molar-refractivity contribution in [1.29, 1.82) is 0 Å². The highest BCUT2D eigenvalue weighted by Gasteiger charge is 2.18. The van der Waals surface area contributed by atoms with Crippen molar-refractivity contribution in [3.05, 3.63) is 53.7 Å². The molecule has 0 aliphatic rings. The van der Waals surface area contributed by atoms with E-state index in [1.54, 1.807) is 18.3 Å². The summed E-state index contributed by atoms with van der Waals surface area (Å²) < 4.78 is 5.11. The van der Waals surface area contributed by atoms with Gasteiger partial charge in [-0.15, -0.1) is 0 Å². The van der Waals surface area contributed by atoms with Crippen molar-refractivity contribution in [3.63, 3.8) is 0 Å². The number of benzene rings is 1. The minimum atomic E-state index is -0.639. The highest BCUT2D eigenvalue weighted by Crippen LogP contribution is 2.29. The van der Waals surface area contributed by atoms with Crippen LogP contribution in [0.4, 0.5) is 0 Å². The normalized spacial score (nSPS) is 10.2. The van der Waals surface area contributed by atoms with Crippen LogP contribution in [0.5, 0.6) is 0 Å². The molecule has 0 saturated heterocycles. The van der Waals surface area contributed by atoms with Gasteiger partial charge in [0.1, 0.15) is 5.03 Å². The number of hydrogen-bond donors (Lipinski definition) is 1. The highest BCUT2D eigenvalue weighted by atomic mass is 32.2. The molecule has 0 unspecified atom stereocenters. The summed E-state index contributed by atoms with van der Waals surface area (Å²) in [5, 5.41) is 2.92. The fourth-order valence-corrected chi connectivity index (χ4v) is 2.91. The number of amides is 2. The van der Waals surface area contributed by atoms with E-state index >= 15 is 0 Å². The maximum atomic E-state index is 12.4. The first-order chi connectivity index (χ1) is 12.9. The first-order valence-electron chi connectivity index (χ1n) is 8.22. The zero-order valence-electron chi connectivity index (χ0n) is 15.4. The van der Waals surface area contributed by atoms with Crippen molar-refractivity contribution in [1.82, 2.24) is 15.2 Å². The van der Waals surface area contributed by atoms with Crippen LogP contribution in [0.25, 0.3) is 0 Å². The molecular formula is C19H21N3O4S. The number of ether oxygens (including phenoxy) is 1. The summed E-state index contributed by atoms with van der Waals surface area (Å²) in [5.74, 6) is -1.41. The molecule has 2 amide bonds. The third-order valence-corrected chi connectivity index (χ3v) is 4.67. The van der Waals surface area contributed by atoms with Crippen LogP contribution in [0.2, 0.25) is 0 Å². The summed E-state index contributed by atoms with van der Waals surface area (Å²) in [7, 11) is 2.95. The molecule has 2 rings (SSSR count). The number of pyridine rings is 1. The Morgan fingerprint density at radius 2 is 1.89 bits per heavy atom. The molecular weight excluding hydrogens is 366 g/mol. The maximum Gasteiger partial charge on any atom is 0.341 e. The van der Waals surface area contributed by atoms with E-state index in [0.29, 0.717) is 5.03 Å². The van der Waals surface area contributed by atoms with Crippen LogP contribution in [0.1, 0.15) is 15.9 Å². The summed E-state index contributed by atoms with van der Waals surface area (Å²) in [6.07, 6.45) is 1.59. The fourth-order valence-electron chi connectivity index (χ4n) is 2.04. The van der Waals surface area contributed by atoms with Gasteiger partial charge in [0, 0.05) is 25.2 Å². The Morgan fingerprint density at radius 3 is 2.56 bits per heavy atom. The Labute approximate surface area is 162 Å². The number of likely N-dealkylation sites (N-methyl/N-ethyl adjacent to an activating group) is 2. The van der Waals surface area contributed by atoms with Gasteiger partial charge in [0.2, 0.25) is 5.91 Å². The lowest BCUT2D eigenvalue weighted by Crippen LogP contribution is -2.39. The Kier molecular flexibility index (Phi) is 7.36. The summed E-state index contributed by atoms with van der Waals surface area (Å²) >= 11 is 1.34. The Hall–Kier alpha value is -2.87. The van der Waals surface area contributed by atoms with Crippen LogP contribution in [-0.2, 0) is 14.3 Å². The second-order valence-electron chi connectivity index (χ2n) is 5.77. The predicted octanol–water partition coefficient (Wildman–Crippen LogP) is 1.90. The standard InChI is InChI=1S/C19H21N3O4S/c1-13-6-8-14(9-7-13)27-18-15(5-4-10-21-18)19(25)26-12-17(24)22(3)11-16(23)20-2/h4-10H,11-12H2,1-3H3,(H,20,23). The quantitative estimate of drug-likeness (QED) is 0.730. The van der Waals surface area contributed by atoms with E-state index in [1.165, 1.54) is 30.8 Å². The Bertz CT molecular complexity index is 824. The lowest BCUT2D eigenvalue weighted by molar-refractivity contribution is -0.137. The molecule has 0 radical (unpaired) electrons. The van der Waals surface area contributed by atoms with Crippen LogP contribution in [0, 0.1) is 6.92 Å². The van der Waals surface area contributed by atoms with E-state index < -0.39 is 18.5 Å². The SMILES string of the molecule is CNC(=O)CN(C)C(=O)COC(=O)c1cccnc1Sc1ccc(C)cc1. The van der Waals surface area contributed by atoms with Gasteiger partial charge in [-0.25, -0.2) is 9.78 Å². The number of aromatic nitrogens is 1. The fraction of sp³-hybridized carbons (Fsp3) is 0.263. The Morgan fingerprint density at radius 1 is 1.19 bits per heavy atom. The lowest BCUT2D eigenvalue weighted by Gasteiger charge is -2.16. The number of hydrogen-bond acceptors (Lipinski definition) is 6. The molecule has 1 aromatic carbocycles. The molecule has 27 heavy (non-hydrogen) atoms. The van der Waals surface area contributed by atoms with Gasteiger partial charge in [-0.2, -0.15) is 0 Å². The van der Waals surface area contributed by atoms with Crippen LogP contribution >= 0.6 is 11.8 Å². The van der Waals surface area contributed by atoms with E-state index in [4.69, 9.17) is 4.74 Å². The molecule has 0 saturated carbocycles. The number of aryl methyl sites for hydroxylation is 1. The van der Waals surface area contributed by atoms with Crippen LogP contribution in [0.3, 0.4) is 0 Å². The number of nitrogens with zero attached hydrogens (tertiary/aromatic N) is 2. The minimum absolute atomic E-state index is 0.103. The van der Waals surface area contributed by atoms with Crippen molar-refractivity contribution in [2.75, 3.05) is 27.2 Å². The zero-order chi connectivity index (χ0) is 19.8. The van der Waals surface area contributed by atoms with Crippen LogP contribution < -0.4 is 5.32 Å². The molecule has 1 aromatic heterocycles. The molecule has 2 aromatic rings. The van der Waals surface area contributed by atoms with Gasteiger partial charge in [-0.3, -0.25) is 9.59 Å². The van der Waals surface area contributed by atoms with Gasteiger partial charge in [-0.1, -0.05) is 29.5 Å². The molecule has 0 aliphatic carbocycles. The van der Waals surface area contributed by atoms with E-state index in [-0.39, 0.29) is 18.0 Å². The summed E-state index contributed by atoms with van der Waals surface area (Å²) in [4.78, 5) is 42.1. The third kappa shape index (κ3) is 6.10. The number of esters is 1. The number of carbonyl (C=O) groups is 3. The predicted molar refractivity (Wildman–Crippen MR) is 102 cm³/mol. The van der Waals surface area contributed by atoms with E-state index in [0.717, 1.165) is 10.5 Å². The maximum absolute atomic E-state index is 12.4. The van der Waals surface area contributed by atoms with E-state index in [9.17, 15) is 14.4 Å². The largest absolute Gasteiger partial charge is 0.452 e. The van der Waals surface area contributed by atoms with Gasteiger partial charge in [0.25, 0.3) is 5.91 Å². The molecule has 0 aliphatic heterocycles. The van der Waals surface area contributed by atoms with Gasteiger partial charge in [0.15, 0.2) is 6.61 Å². The molecule has 7 nitrogen and oxygen atoms in total. The molecule has 0 atom stereocenters. The average molecular weight is 387 g/mol. The van der Waals surface area contributed by atoms with Crippen LogP contribution in [-0.4, -0.2) is 54.9 Å². The third-order valence-electron chi connectivity index (χ3n) is 3.64. The summed E-state index contributed by atoms with van der Waals surface area (Å²) in [6.45, 7) is 1.44. The monoisotopic (exact) mass is 387 g/mol. The molecule has 1 N–H and O–H groups in total. The smallest absolute Gasteiger partial charge is 0.341 e. The second-order valence-corrected chi connectivity index (χ2v) is 6.83. The lowest BCUT2D eigenvalue weighted by atomic mass is 10.2. The average Bonchev–Trinajstić information content (AvgIpc) is 2.67. The number of rotatable bonds is 7. The number of carbonyl (C=O) groups excluding carboxylic acids is 3. The van der Waals surface area contributed by atoms with Gasteiger partial charge >= 0.3 is 5.97 Å². The van der Waals surface area contributed by atoms with Crippen molar-refractivity contribution in [2.45, 2.75) is 16.8 Å². The van der Waals surface area contributed by atoms with Crippen molar-refractivity contribution in [3.8, 4) is 0 Å². The molecule has 0 bridgehead atoms. The molecule has 142 valence electrons. The van der Waals surface area contributed by atoms with Gasteiger partial charge in [0.05, 0.1) is 12.1 Å². The molecule has 8 heteroatoms. The summed E-state index contributed by atoms with van der Waals surface area (Å²) in [5.41, 5.74) is 1.42. The number of nitrogens with one attached hydrogen (secondary N) is 1. The second kappa shape index (κ2) is 9.72. The Balaban J connectivity index is 2.01. The molecule has 1 heterocycles. The first-order valence-corrected chi connectivity index (χ1v) is 9.03. The molecule has 0 fully saturated rings. The highest BCUT2D eigenvalue weighted by molar-refractivity contribution is 7.99. The van der Waals surface area contributed by atoms with Crippen molar-refractivity contribution < 1.29 is 19.1 Å². The topological polar surface area (TPSA) is 88.6 Å². The van der Waals surface area contributed by atoms with Crippen molar-refractivity contribution in [2.24, 2.45) is 0 Å². The van der Waals surface area contributed by atoms with Gasteiger partial charge < -0.3 is 15.0 Å². The summed E-state index contributed by atoms with van der Waals surface area (Å²) in [6, 6.07) is 11.1. The van der Waals surface area contributed by atoms with E-state index in [1.807, 2.05) is 31.2 Å².